The van der Waals surface area contributed by atoms with Gasteiger partial charge in [-0.2, -0.15) is 5.10 Å². The molecule has 0 radical (unpaired) electrons. The summed E-state index contributed by atoms with van der Waals surface area (Å²) >= 11 is 1.67. The lowest BCUT2D eigenvalue weighted by atomic mass is 10.2. The van der Waals surface area contributed by atoms with Crippen molar-refractivity contribution in [1.82, 2.24) is 4.98 Å². The quantitative estimate of drug-likeness (QED) is 0.726. The number of nitrogens with zero attached hydrogens (tertiary/aromatic N) is 3. The van der Waals surface area contributed by atoms with Gasteiger partial charge in [0.2, 0.25) is 0 Å². The van der Waals surface area contributed by atoms with Crippen LogP contribution in [0.1, 0.15) is 17.9 Å². The van der Waals surface area contributed by atoms with Crippen molar-refractivity contribution < 1.29 is 4.42 Å². The lowest BCUT2D eigenvalue weighted by Crippen LogP contribution is -2.00. The largest absolute Gasteiger partial charge is 0.455 e. The SMILES string of the molecule is c1ccc(CSC2=NN=C(c3cc4ccccc4o3)C2)nc1. The van der Waals surface area contributed by atoms with Gasteiger partial charge in [-0.3, -0.25) is 4.98 Å². The van der Waals surface area contributed by atoms with E-state index in [-0.39, 0.29) is 0 Å². The van der Waals surface area contributed by atoms with Crippen LogP contribution in [0.25, 0.3) is 11.0 Å². The highest BCUT2D eigenvalue weighted by Crippen LogP contribution is 2.25. The van der Waals surface area contributed by atoms with Gasteiger partial charge in [0, 0.05) is 23.8 Å². The van der Waals surface area contributed by atoms with Crippen molar-refractivity contribution in [3.8, 4) is 0 Å². The van der Waals surface area contributed by atoms with Gasteiger partial charge in [0.25, 0.3) is 0 Å². The zero-order valence-corrected chi connectivity index (χ0v) is 12.6. The molecule has 0 bridgehead atoms. The Morgan fingerprint density at radius 3 is 2.82 bits per heavy atom. The Kier molecular flexibility index (Phi) is 3.48. The minimum absolute atomic E-state index is 0.720. The van der Waals surface area contributed by atoms with Crippen molar-refractivity contribution in [2.24, 2.45) is 10.2 Å². The van der Waals surface area contributed by atoms with Crippen LogP contribution in [-0.4, -0.2) is 15.7 Å². The van der Waals surface area contributed by atoms with Crippen LogP contribution in [0.5, 0.6) is 0 Å². The molecular formula is C17H13N3OS. The predicted octanol–water partition coefficient (Wildman–Crippen LogP) is 4.27. The molecule has 0 saturated carbocycles. The topological polar surface area (TPSA) is 50.8 Å². The summed E-state index contributed by atoms with van der Waals surface area (Å²) in [7, 11) is 0. The lowest BCUT2D eigenvalue weighted by Gasteiger charge is -1.99. The van der Waals surface area contributed by atoms with Gasteiger partial charge in [0.1, 0.15) is 16.3 Å². The molecule has 0 aliphatic carbocycles. The first-order valence-electron chi connectivity index (χ1n) is 7.03. The molecular weight excluding hydrogens is 294 g/mol. The Hall–Kier alpha value is -2.40. The molecule has 22 heavy (non-hydrogen) atoms. The summed E-state index contributed by atoms with van der Waals surface area (Å²) in [6.45, 7) is 0. The summed E-state index contributed by atoms with van der Waals surface area (Å²) in [4.78, 5) is 4.31. The summed E-state index contributed by atoms with van der Waals surface area (Å²) in [5, 5.41) is 10.6. The summed E-state index contributed by atoms with van der Waals surface area (Å²) in [5.41, 5.74) is 2.82. The molecule has 3 heterocycles. The molecule has 5 heteroatoms. The average Bonchev–Trinajstić information content (AvgIpc) is 3.20. The van der Waals surface area contributed by atoms with Crippen molar-refractivity contribution in [2.75, 3.05) is 0 Å². The highest BCUT2D eigenvalue weighted by atomic mass is 32.2. The Morgan fingerprint density at radius 1 is 1.05 bits per heavy atom. The van der Waals surface area contributed by atoms with E-state index in [1.54, 1.807) is 11.8 Å². The maximum atomic E-state index is 5.84. The summed E-state index contributed by atoms with van der Waals surface area (Å²) in [6, 6.07) is 15.9. The monoisotopic (exact) mass is 307 g/mol. The number of thioether (sulfide) groups is 1. The van der Waals surface area contributed by atoms with E-state index in [0.29, 0.717) is 0 Å². The summed E-state index contributed by atoms with van der Waals surface area (Å²) in [6.07, 6.45) is 2.53. The van der Waals surface area contributed by atoms with Crippen molar-refractivity contribution in [3.05, 3.63) is 66.2 Å². The molecule has 4 nitrogen and oxygen atoms in total. The molecule has 0 saturated heterocycles. The van der Waals surface area contributed by atoms with Crippen molar-refractivity contribution >= 4 is 33.5 Å². The normalized spacial score (nSPS) is 14.2. The van der Waals surface area contributed by atoms with E-state index in [9.17, 15) is 0 Å². The Labute approximate surface area is 132 Å². The molecule has 108 valence electrons. The molecule has 0 spiro atoms. The zero-order valence-electron chi connectivity index (χ0n) is 11.8. The highest BCUT2D eigenvalue weighted by molar-refractivity contribution is 8.13. The number of hydrogen-bond acceptors (Lipinski definition) is 5. The van der Waals surface area contributed by atoms with Crippen LogP contribution in [0.15, 0.2) is 69.3 Å². The zero-order chi connectivity index (χ0) is 14.8. The van der Waals surface area contributed by atoms with Crippen molar-refractivity contribution in [2.45, 2.75) is 12.2 Å². The standard InChI is InChI=1S/C17H13N3OS/c1-2-7-15-12(5-1)9-16(21-15)14-10-17(20-19-14)22-11-13-6-3-4-8-18-13/h1-9H,10-11H2. The number of aromatic nitrogens is 1. The van der Waals surface area contributed by atoms with Gasteiger partial charge >= 0.3 is 0 Å². The molecule has 3 aromatic rings. The molecule has 1 aromatic carbocycles. The third-order valence-electron chi connectivity index (χ3n) is 3.42. The second kappa shape index (κ2) is 5.77. The first-order valence-corrected chi connectivity index (χ1v) is 8.02. The van der Waals surface area contributed by atoms with Gasteiger partial charge in [-0.05, 0) is 24.3 Å². The second-order valence-corrected chi connectivity index (χ2v) is 6.02. The molecule has 1 aliphatic heterocycles. The Bertz CT molecular complexity index is 835. The van der Waals surface area contributed by atoms with Gasteiger partial charge in [0.05, 0.1) is 5.69 Å². The van der Waals surface area contributed by atoms with Gasteiger partial charge in [-0.25, -0.2) is 0 Å². The van der Waals surface area contributed by atoms with Crippen molar-refractivity contribution in [1.29, 1.82) is 0 Å². The van der Waals surface area contributed by atoms with E-state index < -0.39 is 0 Å². The fourth-order valence-corrected chi connectivity index (χ4v) is 3.13. The Balaban J connectivity index is 1.43. The van der Waals surface area contributed by atoms with E-state index in [4.69, 9.17) is 4.42 Å². The predicted molar refractivity (Wildman–Crippen MR) is 90.3 cm³/mol. The molecule has 1 aliphatic rings. The number of hydrogen-bond donors (Lipinski definition) is 0. The van der Waals surface area contributed by atoms with Crippen LogP contribution in [0.2, 0.25) is 0 Å². The van der Waals surface area contributed by atoms with Crippen LogP contribution in [-0.2, 0) is 5.75 Å². The van der Waals surface area contributed by atoms with E-state index >= 15 is 0 Å². The van der Waals surface area contributed by atoms with E-state index in [0.717, 1.165) is 45.4 Å². The average molecular weight is 307 g/mol. The number of para-hydroxylation sites is 1. The number of furan rings is 1. The fraction of sp³-hybridized carbons (Fsp3) is 0.118. The third-order valence-corrected chi connectivity index (χ3v) is 4.42. The fourth-order valence-electron chi connectivity index (χ4n) is 2.31. The molecule has 0 fully saturated rings. The molecule has 2 aromatic heterocycles. The van der Waals surface area contributed by atoms with Crippen molar-refractivity contribution in [3.63, 3.8) is 0 Å². The van der Waals surface area contributed by atoms with Gasteiger partial charge in [0.15, 0.2) is 5.76 Å². The molecule has 0 N–H and O–H groups in total. The van der Waals surface area contributed by atoms with Crippen LogP contribution >= 0.6 is 11.8 Å². The molecule has 0 atom stereocenters. The van der Waals surface area contributed by atoms with Crippen LogP contribution < -0.4 is 0 Å². The first-order chi connectivity index (χ1) is 10.9. The van der Waals surface area contributed by atoms with Crippen LogP contribution in [0, 0.1) is 0 Å². The number of fused-ring (bicyclic) bond motifs is 1. The van der Waals surface area contributed by atoms with E-state index in [1.165, 1.54) is 0 Å². The van der Waals surface area contributed by atoms with E-state index in [2.05, 4.69) is 15.2 Å². The lowest BCUT2D eigenvalue weighted by molar-refractivity contribution is 0.604. The second-order valence-electron chi connectivity index (χ2n) is 4.98. The van der Waals surface area contributed by atoms with E-state index in [1.807, 2.05) is 54.7 Å². The summed E-state index contributed by atoms with van der Waals surface area (Å²) in [5.74, 6) is 1.61. The minimum Gasteiger partial charge on any atom is -0.455 e. The minimum atomic E-state index is 0.720. The van der Waals surface area contributed by atoms with Crippen LogP contribution in [0.3, 0.4) is 0 Å². The highest BCUT2D eigenvalue weighted by Gasteiger charge is 2.18. The van der Waals surface area contributed by atoms with Crippen LogP contribution in [0.4, 0.5) is 0 Å². The maximum Gasteiger partial charge on any atom is 0.151 e. The Morgan fingerprint density at radius 2 is 1.95 bits per heavy atom. The van der Waals surface area contributed by atoms with Gasteiger partial charge in [-0.15, -0.1) is 16.9 Å². The summed E-state index contributed by atoms with van der Waals surface area (Å²) < 4.78 is 5.84. The number of benzene rings is 1. The number of pyridine rings is 1. The molecule has 0 unspecified atom stereocenters. The molecule has 4 rings (SSSR count). The number of rotatable bonds is 3. The van der Waals surface area contributed by atoms with Gasteiger partial charge in [-0.1, -0.05) is 24.3 Å². The maximum absolute atomic E-state index is 5.84. The first kappa shape index (κ1) is 13.3. The molecule has 0 amide bonds. The third kappa shape index (κ3) is 2.67. The van der Waals surface area contributed by atoms with Gasteiger partial charge < -0.3 is 4.42 Å². The smallest absolute Gasteiger partial charge is 0.151 e.